The molecule has 0 spiro atoms. The molecule has 0 radical (unpaired) electrons. The molecule has 268 valence electrons. The molecule has 16 heteroatoms. The number of rotatable bonds is 7. The van der Waals surface area contributed by atoms with E-state index in [0.717, 1.165) is 33.9 Å². The summed E-state index contributed by atoms with van der Waals surface area (Å²) < 4.78 is 33.5. The fourth-order valence-electron chi connectivity index (χ4n) is 7.02. The van der Waals surface area contributed by atoms with Crippen LogP contribution < -0.4 is 0 Å². The van der Waals surface area contributed by atoms with Gasteiger partial charge in [0.1, 0.15) is 23.2 Å². The molecule has 0 bridgehead atoms. The van der Waals surface area contributed by atoms with Gasteiger partial charge in [0.2, 0.25) is 5.78 Å². The molecular weight excluding hydrogens is 664 g/mol. The van der Waals surface area contributed by atoms with Crippen LogP contribution in [0.5, 0.6) is 17.2 Å². The minimum Gasteiger partial charge on any atom is -0.507 e. The normalized spacial score (nSPS) is 28.4. The Bertz CT molecular complexity index is 1800. The molecule has 0 unspecified atom stereocenters. The van der Waals surface area contributed by atoms with E-state index in [-0.39, 0.29) is 12.0 Å². The first-order valence-electron chi connectivity index (χ1n) is 15.6. The Kier molecular flexibility index (Phi) is 9.66. The largest absolute Gasteiger partial charge is 0.507 e. The van der Waals surface area contributed by atoms with E-state index in [1.807, 2.05) is 0 Å². The highest BCUT2D eigenvalue weighted by atomic mass is 16.7. The first kappa shape index (κ1) is 36.2. The molecule has 2 aliphatic carbocycles. The minimum atomic E-state index is -2.09. The Balaban J connectivity index is 1.74. The SMILES string of the molecule is CC[C@@]1(O)C[C@H](O[C@@H]2O[C@@H](C)[C@H](OC(C)=O)[C@@H](OC(C)=O)[C@H]2OC(C)=O)c2c(O)c3c(c(O)c2[C@H]1C(=O)OC)C(=O)c1cccc(O)c1C3=O. The third kappa shape index (κ3) is 5.92. The quantitative estimate of drug-likeness (QED) is 0.157. The van der Waals surface area contributed by atoms with Gasteiger partial charge in [0.15, 0.2) is 30.4 Å². The number of hydrogen-bond donors (Lipinski definition) is 4. The van der Waals surface area contributed by atoms with Gasteiger partial charge in [-0.3, -0.25) is 28.8 Å². The van der Waals surface area contributed by atoms with Crippen LogP contribution >= 0.6 is 0 Å². The molecule has 0 aromatic heterocycles. The topological polar surface area (TPSA) is 239 Å². The third-order valence-electron chi connectivity index (χ3n) is 9.16. The average Bonchev–Trinajstić information content (AvgIpc) is 3.03. The maximum atomic E-state index is 13.8. The molecule has 1 aliphatic heterocycles. The summed E-state index contributed by atoms with van der Waals surface area (Å²) in [5.41, 5.74) is -5.11. The fraction of sp³-hybridized carbons (Fsp3) is 0.471. The van der Waals surface area contributed by atoms with Gasteiger partial charge in [-0.25, -0.2) is 0 Å². The summed E-state index contributed by atoms with van der Waals surface area (Å²) in [5.74, 6) is -9.72. The Morgan fingerprint density at radius 2 is 1.40 bits per heavy atom. The van der Waals surface area contributed by atoms with Gasteiger partial charge in [0.25, 0.3) is 0 Å². The number of methoxy groups -OCH3 is 1. The number of phenols is 3. The van der Waals surface area contributed by atoms with E-state index in [1.54, 1.807) is 0 Å². The van der Waals surface area contributed by atoms with E-state index in [1.165, 1.54) is 26.0 Å². The maximum Gasteiger partial charge on any atom is 0.316 e. The van der Waals surface area contributed by atoms with Gasteiger partial charge >= 0.3 is 23.9 Å². The average molecular weight is 701 g/mol. The highest BCUT2D eigenvalue weighted by Gasteiger charge is 2.57. The molecule has 2 aromatic rings. The summed E-state index contributed by atoms with van der Waals surface area (Å²) in [6.07, 6.45) is -9.50. The number of fused-ring (bicyclic) bond motifs is 3. The number of aromatic hydroxyl groups is 3. The molecule has 1 heterocycles. The van der Waals surface area contributed by atoms with Crippen molar-refractivity contribution in [3.63, 3.8) is 0 Å². The van der Waals surface area contributed by atoms with Crippen LogP contribution in [0, 0.1) is 0 Å². The van der Waals surface area contributed by atoms with E-state index in [0.29, 0.717) is 0 Å². The highest BCUT2D eigenvalue weighted by molar-refractivity contribution is 6.31. The van der Waals surface area contributed by atoms with E-state index in [9.17, 15) is 49.2 Å². The van der Waals surface area contributed by atoms with Crippen LogP contribution in [-0.4, -0.2) is 99.3 Å². The third-order valence-corrected chi connectivity index (χ3v) is 9.16. The van der Waals surface area contributed by atoms with Crippen molar-refractivity contribution in [1.82, 2.24) is 0 Å². The zero-order valence-corrected chi connectivity index (χ0v) is 27.9. The van der Waals surface area contributed by atoms with Crippen molar-refractivity contribution in [2.75, 3.05) is 7.11 Å². The van der Waals surface area contributed by atoms with Crippen molar-refractivity contribution < 1.29 is 77.6 Å². The van der Waals surface area contributed by atoms with E-state index < -0.39 is 135 Å². The lowest BCUT2D eigenvalue weighted by Gasteiger charge is -2.47. The molecule has 16 nitrogen and oxygen atoms in total. The molecule has 8 atom stereocenters. The van der Waals surface area contributed by atoms with Gasteiger partial charge in [-0.15, -0.1) is 0 Å². The molecule has 0 amide bonds. The van der Waals surface area contributed by atoms with Crippen molar-refractivity contribution in [1.29, 1.82) is 0 Å². The van der Waals surface area contributed by atoms with Crippen LogP contribution in [0.15, 0.2) is 18.2 Å². The van der Waals surface area contributed by atoms with Crippen LogP contribution in [0.2, 0.25) is 0 Å². The highest BCUT2D eigenvalue weighted by Crippen LogP contribution is 2.57. The Labute approximate surface area is 284 Å². The Morgan fingerprint density at radius 3 is 1.98 bits per heavy atom. The first-order chi connectivity index (χ1) is 23.5. The maximum absolute atomic E-state index is 13.8. The van der Waals surface area contributed by atoms with Crippen LogP contribution in [0.1, 0.15) is 102 Å². The summed E-state index contributed by atoms with van der Waals surface area (Å²) in [7, 11) is 1.03. The van der Waals surface area contributed by atoms with Crippen LogP contribution in [0.3, 0.4) is 0 Å². The van der Waals surface area contributed by atoms with Crippen molar-refractivity contribution >= 4 is 35.4 Å². The Morgan fingerprint density at radius 1 is 0.840 bits per heavy atom. The predicted molar refractivity (Wildman–Crippen MR) is 164 cm³/mol. The zero-order valence-electron chi connectivity index (χ0n) is 27.9. The van der Waals surface area contributed by atoms with Gasteiger partial charge < -0.3 is 48.8 Å². The van der Waals surface area contributed by atoms with Crippen LogP contribution in [0.4, 0.5) is 0 Å². The first-order valence-corrected chi connectivity index (χ1v) is 15.6. The summed E-state index contributed by atoms with van der Waals surface area (Å²) in [6.45, 7) is 6.17. The number of carbonyl (C=O) groups excluding carboxylic acids is 6. The smallest absolute Gasteiger partial charge is 0.316 e. The number of ketones is 2. The van der Waals surface area contributed by atoms with Gasteiger partial charge in [-0.1, -0.05) is 19.1 Å². The molecular formula is C34H36O16. The standard InChI is InChI=1S/C34H36O16/c1-7-34(44)11-18(50-33-31(49-15(5)37)30(48-14(4)36)29(12(2)46-33)47-13(3)35)20-21(24(34)32(43)45-6)28(42)22-23(27(20)41)26(40)19-16(25(22)39)9-8-10-17(19)38/h8-10,12,18,24,29-31,33,38,41-42,44H,7,11H2,1-6H3/t12-,18-,24-,29-,30+,31+,33-,34+/m0/s1. The predicted octanol–water partition coefficient (Wildman–Crippen LogP) is 1.98. The lowest BCUT2D eigenvalue weighted by atomic mass is 9.66. The second-order valence-electron chi connectivity index (χ2n) is 12.3. The van der Waals surface area contributed by atoms with Crippen molar-refractivity contribution in [2.24, 2.45) is 0 Å². The molecule has 2 aromatic carbocycles. The summed E-state index contributed by atoms with van der Waals surface area (Å²) in [4.78, 5) is 77.4. The van der Waals surface area contributed by atoms with Gasteiger partial charge in [0, 0.05) is 43.9 Å². The summed E-state index contributed by atoms with van der Waals surface area (Å²) in [6, 6.07) is 3.69. The number of hydrogen-bond acceptors (Lipinski definition) is 16. The lowest BCUT2D eigenvalue weighted by molar-refractivity contribution is -0.314. The van der Waals surface area contributed by atoms with Crippen molar-refractivity contribution in [3.8, 4) is 17.2 Å². The minimum absolute atomic E-state index is 0.174. The van der Waals surface area contributed by atoms with Gasteiger partial charge in [-0.2, -0.15) is 0 Å². The van der Waals surface area contributed by atoms with Gasteiger partial charge in [0.05, 0.1) is 41.6 Å². The number of carbonyl (C=O) groups is 6. The van der Waals surface area contributed by atoms with E-state index in [4.69, 9.17) is 28.4 Å². The second kappa shape index (κ2) is 13.3. The van der Waals surface area contributed by atoms with Crippen LogP contribution in [-0.2, 0) is 47.6 Å². The van der Waals surface area contributed by atoms with Crippen molar-refractivity contribution in [3.05, 3.63) is 51.6 Å². The zero-order chi connectivity index (χ0) is 37.0. The monoisotopic (exact) mass is 700 g/mol. The lowest BCUT2D eigenvalue weighted by Crippen LogP contribution is -2.61. The number of phenolic OH excluding ortho intramolecular Hbond substituents is 3. The molecule has 1 fully saturated rings. The van der Waals surface area contributed by atoms with Crippen LogP contribution in [0.25, 0.3) is 0 Å². The number of aliphatic hydroxyl groups is 1. The summed E-state index contributed by atoms with van der Waals surface area (Å²) in [5, 5.41) is 46.2. The fourth-order valence-corrected chi connectivity index (χ4v) is 7.02. The molecule has 0 saturated carbocycles. The molecule has 3 aliphatic rings. The van der Waals surface area contributed by atoms with Crippen molar-refractivity contribution in [2.45, 2.75) is 95.8 Å². The summed E-state index contributed by atoms with van der Waals surface area (Å²) >= 11 is 0. The molecule has 4 N–H and O–H groups in total. The number of benzene rings is 2. The van der Waals surface area contributed by atoms with E-state index >= 15 is 0 Å². The second-order valence-corrected chi connectivity index (χ2v) is 12.3. The number of esters is 4. The molecule has 5 rings (SSSR count). The molecule has 50 heavy (non-hydrogen) atoms. The molecule has 1 saturated heterocycles. The van der Waals surface area contributed by atoms with Gasteiger partial charge in [-0.05, 0) is 19.4 Å². The Hall–Kier alpha value is -5.06. The number of ether oxygens (including phenoxy) is 6. The van der Waals surface area contributed by atoms with E-state index in [2.05, 4.69) is 0 Å².